The Morgan fingerprint density at radius 3 is 2.26 bits per heavy atom. The molecule has 0 aliphatic rings. The minimum atomic E-state index is -3.31. The first kappa shape index (κ1) is 19.5. The highest BCUT2D eigenvalue weighted by atomic mass is 32.2. The summed E-state index contributed by atoms with van der Waals surface area (Å²) in [7, 11) is 0.424. The highest BCUT2D eigenvalue weighted by molar-refractivity contribution is 7.88. The number of rotatable bonds is 9. The van der Waals surface area contributed by atoms with Crippen LogP contribution in [0.3, 0.4) is 0 Å². The van der Waals surface area contributed by atoms with E-state index in [2.05, 4.69) is 5.32 Å². The number of nitrogens with one attached hydrogen (secondary N) is 1. The van der Waals surface area contributed by atoms with Gasteiger partial charge in [0.1, 0.15) is 5.82 Å². The Hall–Kier alpha value is -1.51. The van der Waals surface area contributed by atoms with Crippen LogP contribution in [0, 0.1) is 5.82 Å². The molecule has 0 aliphatic carbocycles. The molecule has 0 aliphatic heterocycles. The second-order valence-corrected chi connectivity index (χ2v) is 7.60. The predicted molar refractivity (Wildman–Crippen MR) is 88.1 cm³/mol. The standard InChI is InChI=1S/C15H24FN3O3S/c1-18(2)10-11-19(23(3,21)22)9-8-17-15(20)12-13-4-6-14(16)7-5-13/h4-7H,8-12H2,1-3H3,(H,17,20). The lowest BCUT2D eigenvalue weighted by Gasteiger charge is -2.22. The molecule has 0 spiro atoms. The molecule has 6 nitrogen and oxygen atoms in total. The molecule has 0 aromatic heterocycles. The Bertz CT molecular complexity index is 603. The van der Waals surface area contributed by atoms with Gasteiger partial charge in [0.2, 0.25) is 15.9 Å². The Morgan fingerprint density at radius 1 is 1.13 bits per heavy atom. The maximum Gasteiger partial charge on any atom is 0.224 e. The van der Waals surface area contributed by atoms with Gasteiger partial charge < -0.3 is 10.2 Å². The van der Waals surface area contributed by atoms with Crippen molar-refractivity contribution in [2.24, 2.45) is 0 Å². The molecule has 0 radical (unpaired) electrons. The first-order valence-electron chi connectivity index (χ1n) is 7.29. The molecule has 1 amide bonds. The van der Waals surface area contributed by atoms with Crippen molar-refractivity contribution in [3.05, 3.63) is 35.6 Å². The summed E-state index contributed by atoms with van der Waals surface area (Å²) in [5.74, 6) is -0.573. The zero-order valence-corrected chi connectivity index (χ0v) is 14.6. The summed E-state index contributed by atoms with van der Waals surface area (Å²) >= 11 is 0. The molecule has 0 saturated carbocycles. The van der Waals surface area contributed by atoms with Crippen molar-refractivity contribution in [2.45, 2.75) is 6.42 Å². The summed E-state index contributed by atoms with van der Waals surface area (Å²) in [5, 5.41) is 2.68. The summed E-state index contributed by atoms with van der Waals surface area (Å²) in [4.78, 5) is 13.7. The number of carbonyl (C=O) groups is 1. The van der Waals surface area contributed by atoms with Crippen LogP contribution in [0.2, 0.25) is 0 Å². The van der Waals surface area contributed by atoms with Gasteiger partial charge >= 0.3 is 0 Å². The SMILES string of the molecule is CN(C)CCN(CCNC(=O)Cc1ccc(F)cc1)S(C)(=O)=O. The zero-order valence-electron chi connectivity index (χ0n) is 13.8. The number of sulfonamides is 1. The zero-order chi connectivity index (χ0) is 17.5. The Morgan fingerprint density at radius 2 is 1.74 bits per heavy atom. The second kappa shape index (κ2) is 8.95. The smallest absolute Gasteiger partial charge is 0.224 e. The van der Waals surface area contributed by atoms with Crippen molar-refractivity contribution in [3.8, 4) is 0 Å². The number of likely N-dealkylation sites (N-methyl/N-ethyl adjacent to an activating group) is 1. The maximum atomic E-state index is 12.8. The van der Waals surface area contributed by atoms with Gasteiger partial charge in [-0.3, -0.25) is 4.79 Å². The molecule has 1 N–H and O–H groups in total. The van der Waals surface area contributed by atoms with Gasteiger partial charge in [-0.05, 0) is 31.8 Å². The first-order chi connectivity index (χ1) is 10.7. The highest BCUT2D eigenvalue weighted by Crippen LogP contribution is 2.03. The van der Waals surface area contributed by atoms with Crippen molar-refractivity contribution < 1.29 is 17.6 Å². The van der Waals surface area contributed by atoms with Crippen LogP contribution >= 0.6 is 0 Å². The van der Waals surface area contributed by atoms with E-state index in [0.29, 0.717) is 18.7 Å². The topological polar surface area (TPSA) is 69.7 Å². The van der Waals surface area contributed by atoms with Crippen molar-refractivity contribution in [1.82, 2.24) is 14.5 Å². The van der Waals surface area contributed by atoms with Gasteiger partial charge in [-0.15, -0.1) is 0 Å². The van der Waals surface area contributed by atoms with Gasteiger partial charge in [-0.25, -0.2) is 12.8 Å². The van der Waals surface area contributed by atoms with Gasteiger partial charge in [-0.1, -0.05) is 12.1 Å². The number of amides is 1. The van der Waals surface area contributed by atoms with Crippen molar-refractivity contribution >= 4 is 15.9 Å². The fourth-order valence-corrected chi connectivity index (χ4v) is 2.76. The van der Waals surface area contributed by atoms with Crippen molar-refractivity contribution in [1.29, 1.82) is 0 Å². The molecule has 1 aromatic carbocycles. The van der Waals surface area contributed by atoms with E-state index in [1.165, 1.54) is 16.4 Å². The van der Waals surface area contributed by atoms with Gasteiger partial charge in [0, 0.05) is 26.2 Å². The lowest BCUT2D eigenvalue weighted by molar-refractivity contribution is -0.120. The van der Waals surface area contributed by atoms with Crippen LogP contribution in [-0.4, -0.2) is 70.1 Å². The van der Waals surface area contributed by atoms with Crippen LogP contribution in [0.15, 0.2) is 24.3 Å². The molecule has 0 fully saturated rings. The number of nitrogens with zero attached hydrogens (tertiary/aromatic N) is 2. The van der Waals surface area contributed by atoms with Gasteiger partial charge in [0.25, 0.3) is 0 Å². The van der Waals surface area contributed by atoms with Crippen molar-refractivity contribution in [2.75, 3.05) is 46.5 Å². The van der Waals surface area contributed by atoms with E-state index in [1.54, 1.807) is 12.1 Å². The number of hydrogen-bond acceptors (Lipinski definition) is 4. The summed E-state index contributed by atoms with van der Waals surface area (Å²) in [6.45, 7) is 1.44. The third kappa shape index (κ3) is 8.06. The minimum Gasteiger partial charge on any atom is -0.354 e. The normalized spacial score (nSPS) is 11.9. The van der Waals surface area contributed by atoms with E-state index in [0.717, 1.165) is 6.26 Å². The molecular weight excluding hydrogens is 321 g/mol. The predicted octanol–water partition coefficient (Wildman–Crippen LogP) is 0.308. The van der Waals surface area contributed by atoms with Crippen LogP contribution in [0.4, 0.5) is 4.39 Å². The quantitative estimate of drug-likeness (QED) is 0.699. The molecule has 8 heteroatoms. The average molecular weight is 345 g/mol. The summed E-state index contributed by atoms with van der Waals surface area (Å²) in [6.07, 6.45) is 1.29. The van der Waals surface area contributed by atoms with E-state index < -0.39 is 10.0 Å². The lowest BCUT2D eigenvalue weighted by atomic mass is 10.1. The van der Waals surface area contributed by atoms with Crippen LogP contribution in [0.25, 0.3) is 0 Å². The molecule has 0 bridgehead atoms. The molecule has 1 rings (SSSR count). The lowest BCUT2D eigenvalue weighted by Crippen LogP contribution is -2.41. The molecular formula is C15H24FN3O3S. The molecule has 0 saturated heterocycles. The summed E-state index contributed by atoms with van der Waals surface area (Å²) in [6, 6.07) is 5.70. The monoisotopic (exact) mass is 345 g/mol. The van der Waals surface area contributed by atoms with Crippen LogP contribution in [-0.2, 0) is 21.2 Å². The van der Waals surface area contributed by atoms with Gasteiger partial charge in [-0.2, -0.15) is 4.31 Å². The van der Waals surface area contributed by atoms with Crippen molar-refractivity contribution in [3.63, 3.8) is 0 Å². The summed E-state index contributed by atoms with van der Waals surface area (Å²) in [5.41, 5.74) is 0.705. The fourth-order valence-electron chi connectivity index (χ4n) is 1.93. The first-order valence-corrected chi connectivity index (χ1v) is 9.14. The Balaban J connectivity index is 2.42. The van der Waals surface area contributed by atoms with Crippen LogP contribution in [0.1, 0.15) is 5.56 Å². The third-order valence-corrected chi connectivity index (χ3v) is 4.53. The highest BCUT2D eigenvalue weighted by Gasteiger charge is 2.16. The van der Waals surface area contributed by atoms with E-state index in [9.17, 15) is 17.6 Å². The maximum absolute atomic E-state index is 12.8. The fraction of sp³-hybridized carbons (Fsp3) is 0.533. The van der Waals surface area contributed by atoms with E-state index in [4.69, 9.17) is 0 Å². The Kier molecular flexibility index (Phi) is 7.60. The molecule has 23 heavy (non-hydrogen) atoms. The van der Waals surface area contributed by atoms with Crippen LogP contribution in [0.5, 0.6) is 0 Å². The Labute approximate surface area is 137 Å². The number of carbonyl (C=O) groups excluding carboxylic acids is 1. The number of halogens is 1. The molecule has 0 unspecified atom stereocenters. The molecule has 130 valence electrons. The summed E-state index contributed by atoms with van der Waals surface area (Å²) < 4.78 is 37.5. The van der Waals surface area contributed by atoms with Gasteiger partial charge in [0.15, 0.2) is 0 Å². The molecule has 0 heterocycles. The number of hydrogen-bond donors (Lipinski definition) is 1. The minimum absolute atomic E-state index is 0.136. The molecule has 1 aromatic rings. The molecule has 0 atom stereocenters. The second-order valence-electron chi connectivity index (χ2n) is 5.62. The van der Waals surface area contributed by atoms with E-state index in [1.807, 2.05) is 19.0 Å². The van der Waals surface area contributed by atoms with E-state index in [-0.39, 0.29) is 31.2 Å². The van der Waals surface area contributed by atoms with Gasteiger partial charge in [0.05, 0.1) is 12.7 Å². The average Bonchev–Trinajstić information content (AvgIpc) is 2.43. The van der Waals surface area contributed by atoms with E-state index >= 15 is 0 Å². The third-order valence-electron chi connectivity index (χ3n) is 3.23. The van der Waals surface area contributed by atoms with Crippen LogP contribution < -0.4 is 5.32 Å². The largest absolute Gasteiger partial charge is 0.354 e. The number of benzene rings is 1.